The van der Waals surface area contributed by atoms with Crippen LogP contribution in [0.25, 0.3) is 67.2 Å². The maximum atomic E-state index is 6.84. The normalized spacial score (nSPS) is 12.1. The summed E-state index contributed by atoms with van der Waals surface area (Å²) in [6, 6.07) is 69.2. The summed E-state index contributed by atoms with van der Waals surface area (Å²) < 4.78 is 6.84. The van der Waals surface area contributed by atoms with Crippen LogP contribution in [0.4, 0.5) is 34.1 Å². The molecule has 57 heavy (non-hydrogen) atoms. The highest BCUT2D eigenvalue weighted by Gasteiger charge is 2.31. The Morgan fingerprint density at radius 1 is 0.333 bits per heavy atom. The summed E-state index contributed by atoms with van der Waals surface area (Å²) in [5, 5.41) is 2.08. The second-order valence-corrected chi connectivity index (χ2v) is 14.1. The van der Waals surface area contributed by atoms with E-state index in [2.05, 4.69) is 149 Å². The van der Waals surface area contributed by atoms with Crippen molar-refractivity contribution < 1.29 is 4.42 Å². The van der Waals surface area contributed by atoms with Crippen LogP contribution in [0.3, 0.4) is 0 Å². The lowest BCUT2D eigenvalue weighted by Gasteiger charge is -2.40. The van der Waals surface area contributed by atoms with Crippen LogP contribution in [0, 0.1) is 0 Å². The number of aromatic nitrogens is 3. The van der Waals surface area contributed by atoms with Gasteiger partial charge in [-0.15, -0.1) is 0 Å². The average molecular weight is 732 g/mol. The van der Waals surface area contributed by atoms with E-state index in [9.17, 15) is 0 Å². The highest BCUT2D eigenvalue weighted by atomic mass is 16.3. The minimum atomic E-state index is 0.587. The van der Waals surface area contributed by atoms with Crippen molar-refractivity contribution in [3.05, 3.63) is 200 Å². The molecule has 3 heterocycles. The van der Waals surface area contributed by atoms with Crippen molar-refractivity contribution in [3.63, 3.8) is 0 Å². The highest BCUT2D eigenvalue weighted by Crippen LogP contribution is 2.55. The summed E-state index contributed by atoms with van der Waals surface area (Å²) >= 11 is 0. The van der Waals surface area contributed by atoms with Crippen LogP contribution in [-0.4, -0.2) is 15.0 Å². The second-order valence-electron chi connectivity index (χ2n) is 14.1. The van der Waals surface area contributed by atoms with Gasteiger partial charge in [0.1, 0.15) is 11.2 Å². The van der Waals surface area contributed by atoms with Gasteiger partial charge < -0.3 is 14.2 Å². The third kappa shape index (κ3) is 5.62. The minimum absolute atomic E-state index is 0.587. The standard InChI is InChI=1S/C51H33N5O/c1-5-16-34(17-6-1)49-52-50(35-18-7-2-8-19-35)54-51(53-49)37-28-30-41-42-25-15-24-40(48(42)57-47(41)33-37)36-29-31-45-46(32-36)56(39-22-11-4-12-23-39)44-27-14-13-26-43(44)55(45)38-20-9-3-10-21-38/h1-33H. The molecule has 8 aromatic carbocycles. The fourth-order valence-electron chi connectivity index (χ4n) is 7.97. The van der Waals surface area contributed by atoms with Crippen LogP contribution >= 0.6 is 0 Å². The molecule has 6 nitrogen and oxygen atoms in total. The van der Waals surface area contributed by atoms with Crippen molar-refractivity contribution in [2.75, 3.05) is 9.80 Å². The van der Waals surface area contributed by atoms with Gasteiger partial charge in [-0.1, -0.05) is 140 Å². The lowest BCUT2D eigenvalue weighted by atomic mass is 9.98. The molecule has 10 aromatic rings. The van der Waals surface area contributed by atoms with E-state index in [4.69, 9.17) is 19.4 Å². The Balaban J connectivity index is 1.06. The maximum absolute atomic E-state index is 6.84. The van der Waals surface area contributed by atoms with Gasteiger partial charge in [0.2, 0.25) is 0 Å². The van der Waals surface area contributed by atoms with Gasteiger partial charge >= 0.3 is 0 Å². The van der Waals surface area contributed by atoms with Crippen LogP contribution in [0.15, 0.2) is 205 Å². The molecule has 0 saturated carbocycles. The molecule has 0 atom stereocenters. The monoisotopic (exact) mass is 731 g/mol. The largest absolute Gasteiger partial charge is 0.455 e. The van der Waals surface area contributed by atoms with Crippen molar-refractivity contribution in [2.45, 2.75) is 0 Å². The Bertz CT molecular complexity index is 3020. The van der Waals surface area contributed by atoms with E-state index >= 15 is 0 Å². The fourth-order valence-corrected chi connectivity index (χ4v) is 7.97. The SMILES string of the molecule is c1ccc(-c2nc(-c3ccccc3)nc(-c3ccc4c(c3)oc3c(-c5ccc6c(c5)N(c5ccccc5)c5ccccc5N6c5ccccc5)cccc34)n2)cc1. The lowest BCUT2D eigenvalue weighted by Crippen LogP contribution is -2.24. The van der Waals surface area contributed by atoms with Crippen LogP contribution in [0.1, 0.15) is 0 Å². The third-order valence-electron chi connectivity index (χ3n) is 10.6. The van der Waals surface area contributed by atoms with Gasteiger partial charge in [0.15, 0.2) is 17.5 Å². The quantitative estimate of drug-likeness (QED) is 0.170. The van der Waals surface area contributed by atoms with E-state index < -0.39 is 0 Å². The van der Waals surface area contributed by atoms with Gasteiger partial charge in [0.05, 0.1) is 22.7 Å². The molecular weight excluding hydrogens is 699 g/mol. The van der Waals surface area contributed by atoms with Gasteiger partial charge in [-0.2, -0.15) is 0 Å². The maximum Gasteiger partial charge on any atom is 0.164 e. The number of fused-ring (bicyclic) bond motifs is 5. The molecule has 0 aliphatic carbocycles. The zero-order valence-electron chi connectivity index (χ0n) is 30.7. The number of para-hydroxylation sites is 5. The first-order valence-corrected chi connectivity index (χ1v) is 19.0. The molecule has 6 heteroatoms. The Kier molecular flexibility index (Phi) is 7.71. The van der Waals surface area contributed by atoms with Gasteiger partial charge in [0, 0.05) is 44.4 Å². The van der Waals surface area contributed by atoms with E-state index in [0.717, 1.165) is 83.9 Å². The minimum Gasteiger partial charge on any atom is -0.455 e. The van der Waals surface area contributed by atoms with Crippen molar-refractivity contribution in [2.24, 2.45) is 0 Å². The highest BCUT2D eigenvalue weighted by molar-refractivity contribution is 6.11. The van der Waals surface area contributed by atoms with Crippen LogP contribution in [0.5, 0.6) is 0 Å². The van der Waals surface area contributed by atoms with Gasteiger partial charge in [-0.25, -0.2) is 15.0 Å². The number of hydrogen-bond acceptors (Lipinski definition) is 6. The fraction of sp³-hybridized carbons (Fsp3) is 0. The molecule has 1 aliphatic rings. The van der Waals surface area contributed by atoms with E-state index in [1.807, 2.05) is 60.7 Å². The van der Waals surface area contributed by atoms with E-state index in [1.54, 1.807) is 0 Å². The Morgan fingerprint density at radius 2 is 0.825 bits per heavy atom. The summed E-state index contributed by atoms with van der Waals surface area (Å²) in [5.74, 6) is 1.83. The average Bonchev–Trinajstić information content (AvgIpc) is 3.67. The summed E-state index contributed by atoms with van der Waals surface area (Å²) in [6.45, 7) is 0. The van der Waals surface area contributed by atoms with Crippen molar-refractivity contribution in [3.8, 4) is 45.3 Å². The summed E-state index contributed by atoms with van der Waals surface area (Å²) in [6.07, 6.45) is 0. The van der Waals surface area contributed by atoms with E-state index in [-0.39, 0.29) is 0 Å². The summed E-state index contributed by atoms with van der Waals surface area (Å²) in [4.78, 5) is 19.5. The molecule has 268 valence electrons. The number of furan rings is 1. The first kappa shape index (κ1) is 32.6. The molecule has 2 aromatic heterocycles. The lowest BCUT2D eigenvalue weighted by molar-refractivity contribution is 0.670. The Labute approximate surface area is 329 Å². The first-order chi connectivity index (χ1) is 28.3. The molecule has 0 fully saturated rings. The second kappa shape index (κ2) is 13.5. The van der Waals surface area contributed by atoms with Gasteiger partial charge in [-0.05, 0) is 66.2 Å². The van der Waals surface area contributed by atoms with E-state index in [1.165, 1.54) is 0 Å². The van der Waals surface area contributed by atoms with Gasteiger partial charge in [0.25, 0.3) is 0 Å². The zero-order chi connectivity index (χ0) is 37.7. The molecule has 0 bridgehead atoms. The molecule has 0 radical (unpaired) electrons. The van der Waals surface area contributed by atoms with Crippen molar-refractivity contribution >= 4 is 56.1 Å². The third-order valence-corrected chi connectivity index (χ3v) is 10.6. The Hall–Kier alpha value is -7.83. The summed E-state index contributed by atoms with van der Waals surface area (Å²) in [7, 11) is 0. The topological polar surface area (TPSA) is 58.3 Å². The van der Waals surface area contributed by atoms with Crippen LogP contribution in [-0.2, 0) is 0 Å². The predicted octanol–water partition coefficient (Wildman–Crippen LogP) is 13.7. The molecule has 0 saturated heterocycles. The van der Waals surface area contributed by atoms with E-state index in [0.29, 0.717) is 17.5 Å². The molecule has 0 spiro atoms. The molecule has 0 N–H and O–H groups in total. The number of rotatable bonds is 6. The number of nitrogens with zero attached hydrogens (tertiary/aromatic N) is 5. The number of hydrogen-bond donors (Lipinski definition) is 0. The van der Waals surface area contributed by atoms with Crippen LogP contribution < -0.4 is 9.80 Å². The molecule has 0 amide bonds. The van der Waals surface area contributed by atoms with Crippen LogP contribution in [0.2, 0.25) is 0 Å². The first-order valence-electron chi connectivity index (χ1n) is 19.0. The Morgan fingerprint density at radius 3 is 1.42 bits per heavy atom. The van der Waals surface area contributed by atoms with Gasteiger partial charge in [-0.3, -0.25) is 0 Å². The smallest absolute Gasteiger partial charge is 0.164 e. The number of benzene rings is 8. The molecule has 11 rings (SSSR count). The molecule has 1 aliphatic heterocycles. The zero-order valence-corrected chi connectivity index (χ0v) is 30.7. The predicted molar refractivity (Wildman–Crippen MR) is 232 cm³/mol. The van der Waals surface area contributed by atoms with Crippen molar-refractivity contribution in [1.29, 1.82) is 0 Å². The molecular formula is C51H33N5O. The van der Waals surface area contributed by atoms with Crippen molar-refractivity contribution in [1.82, 2.24) is 15.0 Å². The summed E-state index contributed by atoms with van der Waals surface area (Å²) in [5.41, 5.74) is 13.0. The molecule has 0 unspecified atom stereocenters. The number of anilines is 6.